The molecule has 0 heterocycles. The Morgan fingerprint density at radius 1 is 1.20 bits per heavy atom. The van der Waals surface area contributed by atoms with Crippen LogP contribution >= 0.6 is 0 Å². The number of nitrogens with zero attached hydrogens (tertiary/aromatic N) is 1. The van der Waals surface area contributed by atoms with Crippen LogP contribution in [0.2, 0.25) is 0 Å². The number of rotatable bonds is 3. The zero-order chi connectivity index (χ0) is 14.3. The van der Waals surface area contributed by atoms with Crippen LogP contribution in [0.3, 0.4) is 0 Å². The Balaban J connectivity index is 1.56. The first-order valence-electron chi connectivity index (χ1n) is 8.56. The van der Waals surface area contributed by atoms with E-state index in [4.69, 9.17) is 5.73 Å². The van der Waals surface area contributed by atoms with Crippen LogP contribution in [0.1, 0.15) is 51.9 Å². The maximum atomic E-state index is 12.7. The lowest BCUT2D eigenvalue weighted by Gasteiger charge is -2.36. The third-order valence-corrected chi connectivity index (χ3v) is 6.45. The van der Waals surface area contributed by atoms with Gasteiger partial charge in [-0.15, -0.1) is 0 Å². The molecule has 6 atom stereocenters. The van der Waals surface area contributed by atoms with Crippen molar-refractivity contribution in [2.24, 2.45) is 35.3 Å². The number of carbonyl (C=O) groups is 1. The Morgan fingerprint density at radius 2 is 2.00 bits per heavy atom. The van der Waals surface area contributed by atoms with Crippen molar-refractivity contribution in [3.63, 3.8) is 0 Å². The molecule has 0 aromatic heterocycles. The molecule has 0 radical (unpaired) electrons. The van der Waals surface area contributed by atoms with Gasteiger partial charge in [0.05, 0.1) is 0 Å². The van der Waals surface area contributed by atoms with E-state index in [-0.39, 0.29) is 12.0 Å². The van der Waals surface area contributed by atoms with Crippen molar-refractivity contribution < 1.29 is 4.79 Å². The number of fused-ring (bicyclic) bond motifs is 2. The van der Waals surface area contributed by atoms with Crippen LogP contribution in [0.4, 0.5) is 0 Å². The van der Waals surface area contributed by atoms with Gasteiger partial charge in [-0.1, -0.05) is 19.8 Å². The molecule has 3 saturated carbocycles. The van der Waals surface area contributed by atoms with Crippen molar-refractivity contribution >= 4 is 5.91 Å². The van der Waals surface area contributed by atoms with Crippen molar-refractivity contribution in [2.75, 3.05) is 13.6 Å². The molecule has 0 saturated heterocycles. The number of nitrogens with two attached hydrogens (primary N) is 1. The molecule has 3 aliphatic rings. The van der Waals surface area contributed by atoms with Crippen LogP contribution in [0.25, 0.3) is 0 Å². The van der Waals surface area contributed by atoms with Gasteiger partial charge in [-0.05, 0) is 55.8 Å². The fourth-order valence-corrected chi connectivity index (χ4v) is 5.07. The second-order valence-electron chi connectivity index (χ2n) is 7.71. The van der Waals surface area contributed by atoms with Crippen molar-refractivity contribution in [1.29, 1.82) is 0 Å². The number of hydrogen-bond donors (Lipinski definition) is 1. The fourth-order valence-electron chi connectivity index (χ4n) is 5.07. The average Bonchev–Trinajstić information content (AvgIpc) is 3.03. The predicted molar refractivity (Wildman–Crippen MR) is 81.1 cm³/mol. The molecule has 0 spiro atoms. The fraction of sp³-hybridized carbons (Fsp3) is 0.941. The van der Waals surface area contributed by atoms with E-state index in [2.05, 4.69) is 6.92 Å². The van der Waals surface area contributed by atoms with Crippen molar-refractivity contribution in [1.82, 2.24) is 4.90 Å². The maximum absolute atomic E-state index is 12.7. The second-order valence-corrected chi connectivity index (χ2v) is 7.71. The minimum absolute atomic E-state index is 0.169. The quantitative estimate of drug-likeness (QED) is 0.862. The summed E-state index contributed by atoms with van der Waals surface area (Å²) >= 11 is 0. The van der Waals surface area contributed by atoms with E-state index in [1.165, 1.54) is 25.7 Å². The van der Waals surface area contributed by atoms with Crippen LogP contribution in [0.5, 0.6) is 0 Å². The molecule has 1 amide bonds. The third-order valence-electron chi connectivity index (χ3n) is 6.45. The van der Waals surface area contributed by atoms with Gasteiger partial charge in [0.15, 0.2) is 0 Å². The summed E-state index contributed by atoms with van der Waals surface area (Å²) in [5.74, 6) is 3.52. The van der Waals surface area contributed by atoms with Gasteiger partial charge in [-0.3, -0.25) is 4.79 Å². The Hall–Kier alpha value is -0.570. The Labute approximate surface area is 123 Å². The van der Waals surface area contributed by atoms with Gasteiger partial charge in [0.1, 0.15) is 0 Å². The summed E-state index contributed by atoms with van der Waals surface area (Å²) in [5.41, 5.74) is 6.15. The van der Waals surface area contributed by atoms with E-state index in [0.29, 0.717) is 11.8 Å². The standard InChI is InChI=1S/C17H30N2O/c1-11-15(4-3-5-16(11)18)17(20)19(2)10-14-9-12-6-7-13(14)8-12/h11-16H,3-10,18H2,1-2H3. The van der Waals surface area contributed by atoms with Crippen LogP contribution in [0.15, 0.2) is 0 Å². The summed E-state index contributed by atoms with van der Waals surface area (Å²) in [5, 5.41) is 0. The van der Waals surface area contributed by atoms with Gasteiger partial charge in [0.2, 0.25) is 5.91 Å². The van der Waals surface area contributed by atoms with Crippen molar-refractivity contribution in [2.45, 2.75) is 57.9 Å². The summed E-state index contributed by atoms with van der Waals surface area (Å²) in [6, 6.07) is 0.216. The van der Waals surface area contributed by atoms with E-state index < -0.39 is 0 Å². The van der Waals surface area contributed by atoms with Crippen molar-refractivity contribution in [3.8, 4) is 0 Å². The Bertz CT molecular complexity index is 370. The van der Waals surface area contributed by atoms with Gasteiger partial charge in [-0.2, -0.15) is 0 Å². The van der Waals surface area contributed by atoms with Crippen LogP contribution < -0.4 is 5.73 Å². The molecule has 3 heteroatoms. The molecule has 3 aliphatic carbocycles. The molecule has 114 valence electrons. The molecule has 0 aliphatic heterocycles. The normalized spacial score (nSPS) is 43.8. The van der Waals surface area contributed by atoms with E-state index in [1.807, 2.05) is 11.9 Å². The van der Waals surface area contributed by atoms with Gasteiger partial charge in [-0.25, -0.2) is 0 Å². The minimum atomic E-state index is 0.169. The zero-order valence-electron chi connectivity index (χ0n) is 13.1. The average molecular weight is 278 g/mol. The van der Waals surface area contributed by atoms with Crippen LogP contribution in [0, 0.1) is 29.6 Å². The lowest BCUT2D eigenvalue weighted by atomic mass is 9.76. The molecule has 0 aromatic carbocycles. The molecule has 20 heavy (non-hydrogen) atoms. The molecular weight excluding hydrogens is 248 g/mol. The highest BCUT2D eigenvalue weighted by Gasteiger charge is 2.41. The largest absolute Gasteiger partial charge is 0.345 e. The first-order valence-corrected chi connectivity index (χ1v) is 8.56. The smallest absolute Gasteiger partial charge is 0.225 e. The molecule has 6 unspecified atom stereocenters. The highest BCUT2D eigenvalue weighted by atomic mass is 16.2. The molecule has 2 bridgehead atoms. The third kappa shape index (κ3) is 2.61. The molecule has 3 fully saturated rings. The highest BCUT2D eigenvalue weighted by Crippen LogP contribution is 2.48. The predicted octanol–water partition coefficient (Wildman–Crippen LogP) is 2.64. The molecule has 3 nitrogen and oxygen atoms in total. The number of hydrogen-bond acceptors (Lipinski definition) is 2. The lowest BCUT2D eigenvalue weighted by Crippen LogP contribution is -2.46. The Morgan fingerprint density at radius 3 is 2.65 bits per heavy atom. The maximum Gasteiger partial charge on any atom is 0.225 e. The lowest BCUT2D eigenvalue weighted by molar-refractivity contribution is -0.138. The number of carbonyl (C=O) groups excluding carboxylic acids is 1. The van der Waals surface area contributed by atoms with E-state index in [9.17, 15) is 4.79 Å². The van der Waals surface area contributed by atoms with Crippen molar-refractivity contribution in [3.05, 3.63) is 0 Å². The topological polar surface area (TPSA) is 46.3 Å². The summed E-state index contributed by atoms with van der Waals surface area (Å²) in [7, 11) is 2.02. The zero-order valence-corrected chi connectivity index (χ0v) is 13.1. The van der Waals surface area contributed by atoms with E-state index in [0.717, 1.165) is 43.6 Å². The van der Waals surface area contributed by atoms with Gasteiger partial charge in [0.25, 0.3) is 0 Å². The summed E-state index contributed by atoms with van der Waals surface area (Å²) < 4.78 is 0. The molecular formula is C17H30N2O. The van der Waals surface area contributed by atoms with Gasteiger partial charge >= 0.3 is 0 Å². The van der Waals surface area contributed by atoms with E-state index >= 15 is 0 Å². The molecule has 3 rings (SSSR count). The molecule has 2 N–H and O–H groups in total. The van der Waals surface area contributed by atoms with Gasteiger partial charge in [0, 0.05) is 25.6 Å². The van der Waals surface area contributed by atoms with E-state index in [1.54, 1.807) is 0 Å². The second kappa shape index (κ2) is 5.67. The minimum Gasteiger partial charge on any atom is -0.345 e. The first kappa shape index (κ1) is 14.4. The van der Waals surface area contributed by atoms with Gasteiger partial charge < -0.3 is 10.6 Å². The summed E-state index contributed by atoms with van der Waals surface area (Å²) in [4.78, 5) is 14.8. The SMILES string of the molecule is CC1C(N)CCCC1C(=O)N(C)CC1CC2CCC1C2. The molecule has 0 aromatic rings. The van der Waals surface area contributed by atoms with Crippen LogP contribution in [-0.4, -0.2) is 30.4 Å². The number of amides is 1. The Kier molecular flexibility index (Phi) is 4.07. The monoisotopic (exact) mass is 278 g/mol. The highest BCUT2D eigenvalue weighted by molar-refractivity contribution is 5.79. The summed E-state index contributed by atoms with van der Waals surface area (Å²) in [6.07, 6.45) is 8.87. The summed E-state index contributed by atoms with van der Waals surface area (Å²) in [6.45, 7) is 3.15. The first-order chi connectivity index (χ1) is 9.56. The van der Waals surface area contributed by atoms with Crippen LogP contribution in [-0.2, 0) is 4.79 Å².